The van der Waals surface area contributed by atoms with Crippen LogP contribution in [0, 0.1) is 5.92 Å². The molecular formula is C14H32IN3O2. The molecule has 1 atom stereocenters. The van der Waals surface area contributed by atoms with Crippen LogP contribution in [0.3, 0.4) is 0 Å². The first-order chi connectivity index (χ1) is 9.11. The van der Waals surface area contributed by atoms with Gasteiger partial charge in [-0.25, -0.2) is 0 Å². The van der Waals surface area contributed by atoms with Crippen molar-refractivity contribution in [1.29, 1.82) is 0 Å². The predicted molar refractivity (Wildman–Crippen MR) is 95.9 cm³/mol. The van der Waals surface area contributed by atoms with Crippen molar-refractivity contribution < 1.29 is 9.47 Å². The molecule has 1 unspecified atom stereocenters. The van der Waals surface area contributed by atoms with Gasteiger partial charge in [-0.2, -0.15) is 0 Å². The molecule has 20 heavy (non-hydrogen) atoms. The van der Waals surface area contributed by atoms with Crippen molar-refractivity contribution in [2.75, 3.05) is 32.9 Å². The maximum Gasteiger partial charge on any atom is 0.188 e. The lowest BCUT2D eigenvalue weighted by atomic mass is 10.0. The molecule has 0 bridgehead atoms. The van der Waals surface area contributed by atoms with Crippen molar-refractivity contribution in [2.24, 2.45) is 16.6 Å². The number of ether oxygens (including phenoxy) is 2. The van der Waals surface area contributed by atoms with Crippen LogP contribution >= 0.6 is 24.0 Å². The second kappa shape index (κ2) is 15.3. The summed E-state index contributed by atoms with van der Waals surface area (Å²) in [5.74, 6) is 1.03. The second-order valence-corrected chi connectivity index (χ2v) is 4.77. The quantitative estimate of drug-likeness (QED) is 0.242. The third-order valence-corrected chi connectivity index (χ3v) is 2.79. The highest BCUT2D eigenvalue weighted by atomic mass is 127. The van der Waals surface area contributed by atoms with Gasteiger partial charge in [-0.1, -0.05) is 13.8 Å². The van der Waals surface area contributed by atoms with Gasteiger partial charge >= 0.3 is 0 Å². The van der Waals surface area contributed by atoms with E-state index in [2.05, 4.69) is 24.2 Å². The van der Waals surface area contributed by atoms with Crippen LogP contribution in [0.25, 0.3) is 0 Å². The van der Waals surface area contributed by atoms with E-state index in [4.69, 9.17) is 15.2 Å². The highest BCUT2D eigenvalue weighted by Gasteiger charge is 2.12. The van der Waals surface area contributed by atoms with Gasteiger partial charge in [-0.05, 0) is 32.6 Å². The first-order valence-corrected chi connectivity index (χ1v) is 7.34. The average Bonchev–Trinajstić information content (AvgIpc) is 2.37. The van der Waals surface area contributed by atoms with Crippen LogP contribution in [0.5, 0.6) is 0 Å². The van der Waals surface area contributed by atoms with Crippen LogP contribution < -0.4 is 11.1 Å². The van der Waals surface area contributed by atoms with Crippen LogP contribution in [0.1, 0.15) is 40.5 Å². The van der Waals surface area contributed by atoms with Crippen LogP contribution in [-0.4, -0.2) is 45.0 Å². The molecule has 0 radical (unpaired) electrons. The molecule has 0 spiro atoms. The molecule has 0 aromatic rings. The van der Waals surface area contributed by atoms with E-state index >= 15 is 0 Å². The smallest absolute Gasteiger partial charge is 0.188 e. The standard InChI is InChI=1S/C14H31N3O2.HI/c1-5-18-11-7-9-16-14(15)17-10-8-13(12(3)4)19-6-2;/h12-13H,5-11H2,1-4H3,(H3,15,16,17);1H. The summed E-state index contributed by atoms with van der Waals surface area (Å²) in [4.78, 5) is 4.25. The molecule has 0 aliphatic rings. The highest BCUT2D eigenvalue weighted by molar-refractivity contribution is 14.0. The first-order valence-electron chi connectivity index (χ1n) is 7.34. The second-order valence-electron chi connectivity index (χ2n) is 4.77. The van der Waals surface area contributed by atoms with E-state index in [0.717, 1.165) is 39.2 Å². The summed E-state index contributed by atoms with van der Waals surface area (Å²) in [5, 5.41) is 3.12. The highest BCUT2D eigenvalue weighted by Crippen LogP contribution is 2.09. The average molecular weight is 401 g/mol. The molecular weight excluding hydrogens is 369 g/mol. The molecule has 0 aliphatic heterocycles. The van der Waals surface area contributed by atoms with E-state index in [1.54, 1.807) is 0 Å². The van der Waals surface area contributed by atoms with Gasteiger partial charge in [0.25, 0.3) is 0 Å². The Balaban J connectivity index is 0. The van der Waals surface area contributed by atoms with Crippen LogP contribution in [0.4, 0.5) is 0 Å². The Morgan fingerprint density at radius 1 is 1.25 bits per heavy atom. The van der Waals surface area contributed by atoms with Gasteiger partial charge in [0.2, 0.25) is 0 Å². The zero-order valence-electron chi connectivity index (χ0n) is 13.4. The molecule has 0 saturated heterocycles. The maximum absolute atomic E-state index is 5.78. The molecule has 0 aromatic carbocycles. The van der Waals surface area contributed by atoms with Gasteiger partial charge in [-0.15, -0.1) is 24.0 Å². The lowest BCUT2D eigenvalue weighted by Gasteiger charge is -2.20. The van der Waals surface area contributed by atoms with Crippen molar-refractivity contribution in [2.45, 2.75) is 46.6 Å². The third-order valence-electron chi connectivity index (χ3n) is 2.79. The number of hydrogen-bond donors (Lipinski definition) is 2. The lowest BCUT2D eigenvalue weighted by Crippen LogP contribution is -2.35. The molecule has 6 heteroatoms. The fraction of sp³-hybridized carbons (Fsp3) is 0.929. The fourth-order valence-electron chi connectivity index (χ4n) is 1.73. The van der Waals surface area contributed by atoms with E-state index in [1.807, 2.05) is 13.8 Å². The minimum Gasteiger partial charge on any atom is -0.382 e. The number of hydrogen-bond acceptors (Lipinski definition) is 3. The summed E-state index contributed by atoms with van der Waals surface area (Å²) in [7, 11) is 0. The van der Waals surface area contributed by atoms with Gasteiger partial charge in [0.05, 0.1) is 6.10 Å². The number of nitrogens with zero attached hydrogens (tertiary/aromatic N) is 1. The number of guanidine groups is 1. The number of aliphatic imine (C=N–C) groups is 1. The molecule has 0 aromatic heterocycles. The fourth-order valence-corrected chi connectivity index (χ4v) is 1.73. The summed E-state index contributed by atoms with van der Waals surface area (Å²) in [5.41, 5.74) is 5.78. The number of rotatable bonds is 11. The molecule has 0 rings (SSSR count). The van der Waals surface area contributed by atoms with Crippen molar-refractivity contribution in [1.82, 2.24) is 5.32 Å². The van der Waals surface area contributed by atoms with Gasteiger partial charge in [0.15, 0.2) is 5.96 Å². The van der Waals surface area contributed by atoms with Crippen molar-refractivity contribution >= 4 is 29.9 Å². The summed E-state index contributed by atoms with van der Waals surface area (Å²) in [6.07, 6.45) is 2.13. The first kappa shape index (κ1) is 22.2. The Bertz CT molecular complexity index is 238. The SMILES string of the molecule is CCOCCCN=C(N)NCCC(OCC)C(C)C.I. The number of halogens is 1. The van der Waals surface area contributed by atoms with E-state index in [9.17, 15) is 0 Å². The topological polar surface area (TPSA) is 68.9 Å². The Morgan fingerprint density at radius 2 is 1.95 bits per heavy atom. The Kier molecular flexibility index (Phi) is 17.0. The summed E-state index contributed by atoms with van der Waals surface area (Å²) in [6, 6.07) is 0. The van der Waals surface area contributed by atoms with Gasteiger partial charge in [-0.3, -0.25) is 4.99 Å². The zero-order valence-corrected chi connectivity index (χ0v) is 15.7. The van der Waals surface area contributed by atoms with E-state index < -0.39 is 0 Å². The van der Waals surface area contributed by atoms with Crippen molar-refractivity contribution in [3.63, 3.8) is 0 Å². The Hall–Kier alpha value is -0.0800. The summed E-state index contributed by atoms with van der Waals surface area (Å²) in [6.45, 7) is 12.1. The monoisotopic (exact) mass is 401 g/mol. The van der Waals surface area contributed by atoms with E-state index in [0.29, 0.717) is 18.4 Å². The van der Waals surface area contributed by atoms with Gasteiger partial charge in [0, 0.05) is 32.9 Å². The Labute approximate surface area is 141 Å². The van der Waals surface area contributed by atoms with Gasteiger partial charge in [0.1, 0.15) is 0 Å². The largest absolute Gasteiger partial charge is 0.382 e. The third kappa shape index (κ3) is 12.9. The zero-order chi connectivity index (χ0) is 14.5. The van der Waals surface area contributed by atoms with Gasteiger partial charge < -0.3 is 20.5 Å². The van der Waals surface area contributed by atoms with Crippen LogP contribution in [0.2, 0.25) is 0 Å². The van der Waals surface area contributed by atoms with Crippen molar-refractivity contribution in [3.8, 4) is 0 Å². The Morgan fingerprint density at radius 3 is 2.50 bits per heavy atom. The summed E-state index contributed by atoms with van der Waals surface area (Å²) < 4.78 is 10.9. The molecule has 3 N–H and O–H groups in total. The molecule has 0 saturated carbocycles. The minimum atomic E-state index is 0. The van der Waals surface area contributed by atoms with Crippen LogP contribution in [0.15, 0.2) is 4.99 Å². The summed E-state index contributed by atoms with van der Waals surface area (Å²) >= 11 is 0. The molecule has 0 fully saturated rings. The minimum absolute atomic E-state index is 0. The van der Waals surface area contributed by atoms with E-state index in [1.165, 1.54) is 0 Å². The number of nitrogens with one attached hydrogen (secondary N) is 1. The maximum atomic E-state index is 5.78. The molecule has 5 nitrogen and oxygen atoms in total. The van der Waals surface area contributed by atoms with Crippen molar-refractivity contribution in [3.05, 3.63) is 0 Å². The normalized spacial score (nSPS) is 13.2. The van der Waals surface area contributed by atoms with E-state index in [-0.39, 0.29) is 30.1 Å². The molecule has 0 heterocycles. The lowest BCUT2D eigenvalue weighted by molar-refractivity contribution is 0.0258. The number of nitrogens with two attached hydrogens (primary N) is 1. The van der Waals surface area contributed by atoms with Crippen LogP contribution in [-0.2, 0) is 9.47 Å². The predicted octanol–water partition coefficient (Wildman–Crippen LogP) is 2.39. The molecule has 122 valence electrons. The molecule has 0 aliphatic carbocycles. The molecule has 0 amide bonds.